The highest BCUT2D eigenvalue weighted by Gasteiger charge is 2.39. The third-order valence-corrected chi connectivity index (χ3v) is 12.0. The molecule has 0 amide bonds. The third kappa shape index (κ3) is 5.18. The first-order chi connectivity index (χ1) is 28.1. The van der Waals surface area contributed by atoms with E-state index in [-0.39, 0.29) is 5.41 Å². The Morgan fingerprint density at radius 1 is 0.386 bits per heavy atom. The molecule has 0 spiro atoms. The van der Waals surface area contributed by atoms with Crippen LogP contribution in [0.25, 0.3) is 77.2 Å². The van der Waals surface area contributed by atoms with Crippen molar-refractivity contribution < 1.29 is 4.42 Å². The van der Waals surface area contributed by atoms with Crippen LogP contribution >= 0.6 is 0 Å². The van der Waals surface area contributed by atoms with Crippen molar-refractivity contribution in [1.29, 1.82) is 0 Å². The van der Waals surface area contributed by atoms with Gasteiger partial charge in [-0.2, -0.15) is 0 Å². The minimum absolute atomic E-state index is 0.255. The van der Waals surface area contributed by atoms with E-state index in [1.54, 1.807) is 0 Å². The number of anilines is 3. The van der Waals surface area contributed by atoms with Gasteiger partial charge in [-0.1, -0.05) is 178 Å². The van der Waals surface area contributed by atoms with Crippen molar-refractivity contribution in [3.8, 4) is 44.5 Å². The van der Waals surface area contributed by atoms with Gasteiger partial charge in [-0.3, -0.25) is 0 Å². The summed E-state index contributed by atoms with van der Waals surface area (Å²) >= 11 is 0. The lowest BCUT2D eigenvalue weighted by Gasteiger charge is -2.29. The maximum Gasteiger partial charge on any atom is 0.143 e. The van der Waals surface area contributed by atoms with Crippen molar-refractivity contribution in [2.45, 2.75) is 19.3 Å². The van der Waals surface area contributed by atoms with Gasteiger partial charge >= 0.3 is 0 Å². The fourth-order valence-electron chi connectivity index (χ4n) is 9.46. The van der Waals surface area contributed by atoms with E-state index in [0.717, 1.165) is 61.3 Å². The highest BCUT2D eigenvalue weighted by molar-refractivity contribution is 6.16. The maximum atomic E-state index is 7.21. The Labute approximate surface area is 332 Å². The first kappa shape index (κ1) is 33.2. The Morgan fingerprint density at radius 2 is 0.965 bits per heavy atom. The molecule has 2 heteroatoms. The number of para-hydroxylation sites is 2. The van der Waals surface area contributed by atoms with E-state index >= 15 is 0 Å². The van der Waals surface area contributed by atoms with Crippen LogP contribution in [0.5, 0.6) is 0 Å². The molecule has 0 saturated heterocycles. The molecular formula is C55H39NO. The Balaban J connectivity index is 1.19. The van der Waals surface area contributed by atoms with Crippen LogP contribution in [0.15, 0.2) is 205 Å². The summed E-state index contributed by atoms with van der Waals surface area (Å²) in [5.74, 6) is 0. The fraction of sp³-hybridized carbons (Fsp3) is 0.0545. The van der Waals surface area contributed by atoms with Crippen molar-refractivity contribution in [2.24, 2.45) is 0 Å². The summed E-state index contributed by atoms with van der Waals surface area (Å²) in [5, 5.41) is 4.68. The van der Waals surface area contributed by atoms with E-state index < -0.39 is 0 Å². The Morgan fingerprint density at radius 3 is 1.74 bits per heavy atom. The van der Waals surface area contributed by atoms with Gasteiger partial charge in [-0.15, -0.1) is 0 Å². The van der Waals surface area contributed by atoms with Crippen molar-refractivity contribution in [3.63, 3.8) is 0 Å². The minimum atomic E-state index is -0.255. The Hall–Kier alpha value is -7.16. The predicted octanol–water partition coefficient (Wildman–Crippen LogP) is 15.5. The number of fused-ring (bicyclic) bond motifs is 7. The van der Waals surface area contributed by atoms with Crippen LogP contribution < -0.4 is 4.90 Å². The van der Waals surface area contributed by atoms with Crippen molar-refractivity contribution >= 4 is 49.8 Å². The third-order valence-electron chi connectivity index (χ3n) is 12.0. The van der Waals surface area contributed by atoms with Crippen molar-refractivity contribution in [1.82, 2.24) is 0 Å². The lowest BCUT2D eigenvalue weighted by Crippen LogP contribution is -2.16. The van der Waals surface area contributed by atoms with Gasteiger partial charge < -0.3 is 9.32 Å². The van der Waals surface area contributed by atoms with Gasteiger partial charge in [0.05, 0.1) is 5.69 Å². The molecule has 0 radical (unpaired) electrons. The lowest BCUT2D eigenvalue weighted by molar-refractivity contribution is 0.650. The zero-order chi connectivity index (χ0) is 38.1. The summed E-state index contributed by atoms with van der Waals surface area (Å²) < 4.78 is 7.21. The zero-order valence-corrected chi connectivity index (χ0v) is 31.9. The number of hydrogen-bond donors (Lipinski definition) is 0. The zero-order valence-electron chi connectivity index (χ0n) is 31.9. The van der Waals surface area contributed by atoms with E-state index in [0.29, 0.717) is 0 Å². The molecule has 0 saturated carbocycles. The summed E-state index contributed by atoms with van der Waals surface area (Å²) in [6.07, 6.45) is 0. The summed E-state index contributed by atoms with van der Waals surface area (Å²) in [7, 11) is 0. The van der Waals surface area contributed by atoms with Crippen LogP contribution in [0, 0.1) is 0 Å². The molecular weight excluding hydrogens is 691 g/mol. The number of furan rings is 1. The molecule has 1 aromatic heterocycles. The van der Waals surface area contributed by atoms with Crippen LogP contribution in [0.3, 0.4) is 0 Å². The molecule has 0 unspecified atom stereocenters. The number of rotatable bonds is 6. The molecule has 270 valence electrons. The monoisotopic (exact) mass is 729 g/mol. The summed E-state index contributed by atoms with van der Waals surface area (Å²) in [6.45, 7) is 4.73. The van der Waals surface area contributed by atoms with Crippen molar-refractivity contribution in [3.05, 3.63) is 211 Å². The van der Waals surface area contributed by atoms with Gasteiger partial charge in [0.15, 0.2) is 0 Å². The highest BCUT2D eigenvalue weighted by atomic mass is 16.3. The van der Waals surface area contributed by atoms with Gasteiger partial charge in [0.2, 0.25) is 0 Å². The summed E-state index contributed by atoms with van der Waals surface area (Å²) in [5.41, 5.74) is 17.1. The maximum absolute atomic E-state index is 7.21. The SMILES string of the molecule is CC1(C)c2ccccc2-c2cc3c(oc4c(-c5ccccc5)cccc43)c(-c3cccc(N(c4ccccc4)c4ccc(-c5ccccc5)c5ccccc45)c3)c21. The number of hydrogen-bond acceptors (Lipinski definition) is 2. The van der Waals surface area contributed by atoms with E-state index in [1.165, 1.54) is 44.2 Å². The molecule has 0 atom stereocenters. The molecule has 57 heavy (non-hydrogen) atoms. The second-order valence-corrected chi connectivity index (χ2v) is 15.6. The number of benzene rings is 9. The minimum Gasteiger partial charge on any atom is -0.455 e. The lowest BCUT2D eigenvalue weighted by atomic mass is 9.78. The molecule has 0 bridgehead atoms. The van der Waals surface area contributed by atoms with Gasteiger partial charge in [0.1, 0.15) is 11.2 Å². The van der Waals surface area contributed by atoms with E-state index in [4.69, 9.17) is 4.42 Å². The van der Waals surface area contributed by atoms with E-state index in [2.05, 4.69) is 219 Å². The summed E-state index contributed by atoms with van der Waals surface area (Å²) in [6, 6.07) is 72.3. The van der Waals surface area contributed by atoms with E-state index in [9.17, 15) is 0 Å². The van der Waals surface area contributed by atoms with Crippen LogP contribution in [0.4, 0.5) is 17.1 Å². The van der Waals surface area contributed by atoms with Gasteiger partial charge in [0.25, 0.3) is 0 Å². The van der Waals surface area contributed by atoms with Gasteiger partial charge in [-0.05, 0) is 86.3 Å². The molecule has 2 nitrogen and oxygen atoms in total. The van der Waals surface area contributed by atoms with Crippen LogP contribution in [0.2, 0.25) is 0 Å². The van der Waals surface area contributed by atoms with Crippen molar-refractivity contribution in [2.75, 3.05) is 4.90 Å². The molecule has 0 N–H and O–H groups in total. The fourth-order valence-corrected chi connectivity index (χ4v) is 9.46. The van der Waals surface area contributed by atoms with Crippen LogP contribution in [-0.4, -0.2) is 0 Å². The topological polar surface area (TPSA) is 16.4 Å². The normalized spacial score (nSPS) is 12.9. The predicted molar refractivity (Wildman–Crippen MR) is 240 cm³/mol. The van der Waals surface area contributed by atoms with Crippen LogP contribution in [0.1, 0.15) is 25.0 Å². The largest absolute Gasteiger partial charge is 0.455 e. The Bertz CT molecular complexity index is 3140. The van der Waals surface area contributed by atoms with Gasteiger partial charge in [0, 0.05) is 44.1 Å². The summed E-state index contributed by atoms with van der Waals surface area (Å²) in [4.78, 5) is 2.41. The quantitative estimate of drug-likeness (QED) is 0.169. The molecule has 0 fully saturated rings. The smallest absolute Gasteiger partial charge is 0.143 e. The first-order valence-corrected chi connectivity index (χ1v) is 19.8. The van der Waals surface area contributed by atoms with E-state index in [1.807, 2.05) is 0 Å². The average molecular weight is 730 g/mol. The van der Waals surface area contributed by atoms with Crippen LogP contribution in [-0.2, 0) is 5.41 Å². The first-order valence-electron chi connectivity index (χ1n) is 19.8. The molecule has 1 aliphatic carbocycles. The highest BCUT2D eigenvalue weighted by Crippen LogP contribution is 2.56. The second kappa shape index (κ2) is 13.0. The molecule has 0 aliphatic heterocycles. The molecule has 9 aromatic carbocycles. The number of nitrogens with zero attached hydrogens (tertiary/aromatic N) is 1. The molecule has 1 aliphatic rings. The second-order valence-electron chi connectivity index (χ2n) is 15.6. The average Bonchev–Trinajstić information content (AvgIpc) is 3.76. The molecule has 10 aromatic rings. The van der Waals surface area contributed by atoms with Gasteiger partial charge in [-0.25, -0.2) is 0 Å². The molecule has 11 rings (SSSR count). The standard InChI is InChI=1S/C55H39NO/c1-55(2)49-31-15-14-27-44(49)47-35-48-46-30-17-29-42(37-20-8-4-9-21-37)53(46)57-54(48)51(52(47)55)38-22-16-25-40(34-38)56(39-23-10-5-11-24-39)50-33-32-41(36-18-6-3-7-19-36)43-26-12-13-28-45(43)50/h3-35H,1-2H3. The Kier molecular flexibility index (Phi) is 7.55. The molecule has 1 heterocycles.